The van der Waals surface area contributed by atoms with Crippen LogP contribution in [-0.4, -0.2) is 9.55 Å². The van der Waals surface area contributed by atoms with Crippen molar-refractivity contribution in [1.29, 1.82) is 0 Å². The number of benzene rings is 1. The lowest BCUT2D eigenvalue weighted by Gasteiger charge is -2.12. The molecule has 0 unspecified atom stereocenters. The summed E-state index contributed by atoms with van der Waals surface area (Å²) >= 11 is 12.2. The van der Waals surface area contributed by atoms with Gasteiger partial charge in [0.25, 0.3) is 0 Å². The number of aromatic nitrogens is 2. The number of rotatable bonds is 4. The molecular formula is C16H19Cl2N3. The van der Waals surface area contributed by atoms with Crippen molar-refractivity contribution in [2.45, 2.75) is 39.2 Å². The number of nitrogens with two attached hydrogens (primary N) is 1. The minimum absolute atomic E-state index is 0.523. The zero-order valence-corrected chi connectivity index (χ0v) is 13.7. The fourth-order valence-electron chi connectivity index (χ4n) is 2.60. The van der Waals surface area contributed by atoms with Crippen LogP contribution in [0.4, 0.5) is 5.82 Å². The Hall–Kier alpha value is -1.19. The van der Waals surface area contributed by atoms with Crippen LogP contribution >= 0.6 is 23.2 Å². The minimum Gasteiger partial charge on any atom is -0.383 e. The maximum Gasteiger partial charge on any atom is 0.131 e. The van der Waals surface area contributed by atoms with E-state index in [1.165, 1.54) is 12.8 Å². The summed E-state index contributed by atoms with van der Waals surface area (Å²) < 4.78 is 2.16. The second-order valence-electron chi connectivity index (χ2n) is 6.14. The number of anilines is 1. The third-order valence-electron chi connectivity index (χ3n) is 3.66. The lowest BCUT2D eigenvalue weighted by Crippen LogP contribution is -2.10. The highest BCUT2D eigenvalue weighted by Gasteiger charge is 2.31. The summed E-state index contributed by atoms with van der Waals surface area (Å²) in [5, 5.41) is 1.20. The summed E-state index contributed by atoms with van der Waals surface area (Å²) in [5.41, 5.74) is 8.04. The molecule has 2 aromatic rings. The van der Waals surface area contributed by atoms with E-state index in [2.05, 4.69) is 18.4 Å². The number of hydrogen-bond donors (Lipinski definition) is 1. The largest absolute Gasteiger partial charge is 0.383 e. The maximum absolute atomic E-state index is 6.36. The molecule has 21 heavy (non-hydrogen) atoms. The molecule has 3 rings (SSSR count). The zero-order valence-electron chi connectivity index (χ0n) is 12.2. The highest BCUT2D eigenvalue weighted by Crippen LogP contribution is 2.43. The normalized spacial score (nSPS) is 14.9. The second-order valence-corrected chi connectivity index (χ2v) is 7.01. The number of halogens is 2. The van der Waals surface area contributed by atoms with Gasteiger partial charge in [-0.15, -0.1) is 0 Å². The third kappa shape index (κ3) is 3.04. The predicted octanol–water partition coefficient (Wildman–Crippen LogP) is 4.97. The van der Waals surface area contributed by atoms with E-state index < -0.39 is 0 Å². The molecule has 1 heterocycles. The Kier molecular flexibility index (Phi) is 3.89. The van der Waals surface area contributed by atoms with E-state index in [1.807, 2.05) is 12.1 Å². The predicted molar refractivity (Wildman–Crippen MR) is 88.9 cm³/mol. The summed E-state index contributed by atoms with van der Waals surface area (Å²) in [6.07, 6.45) is 2.40. The van der Waals surface area contributed by atoms with Crippen molar-refractivity contribution in [2.24, 2.45) is 5.92 Å². The highest BCUT2D eigenvalue weighted by molar-refractivity contribution is 6.35. The van der Waals surface area contributed by atoms with E-state index in [9.17, 15) is 0 Å². The van der Waals surface area contributed by atoms with E-state index in [-0.39, 0.29) is 0 Å². The Bertz CT molecular complexity index is 652. The van der Waals surface area contributed by atoms with E-state index in [0.29, 0.717) is 27.7 Å². The van der Waals surface area contributed by atoms with Gasteiger partial charge in [-0.1, -0.05) is 37.0 Å². The van der Waals surface area contributed by atoms with E-state index in [0.717, 1.165) is 23.6 Å². The molecule has 1 aliphatic carbocycles. The molecule has 112 valence electrons. The van der Waals surface area contributed by atoms with Crippen LogP contribution in [0.25, 0.3) is 11.3 Å². The van der Waals surface area contributed by atoms with E-state index >= 15 is 0 Å². The molecule has 0 spiro atoms. The first-order valence-electron chi connectivity index (χ1n) is 7.28. The van der Waals surface area contributed by atoms with Crippen LogP contribution in [0, 0.1) is 5.92 Å². The van der Waals surface area contributed by atoms with Gasteiger partial charge in [0.1, 0.15) is 17.3 Å². The topological polar surface area (TPSA) is 43.8 Å². The standard InChI is InChI=1S/C16H19Cl2N3/c1-9(2)8-21-15(19)14(20-16(21)10-3-4-10)11-5-12(17)7-13(18)6-11/h5-7,9-10H,3-4,8,19H2,1-2H3. The maximum atomic E-state index is 6.36. The van der Waals surface area contributed by atoms with Crippen molar-refractivity contribution in [1.82, 2.24) is 9.55 Å². The lowest BCUT2D eigenvalue weighted by molar-refractivity contribution is 0.512. The molecule has 0 atom stereocenters. The fourth-order valence-corrected chi connectivity index (χ4v) is 3.12. The van der Waals surface area contributed by atoms with Crippen molar-refractivity contribution >= 4 is 29.0 Å². The van der Waals surface area contributed by atoms with Crippen LogP contribution in [0.2, 0.25) is 10.0 Å². The molecule has 2 N–H and O–H groups in total. The Morgan fingerprint density at radius 3 is 2.38 bits per heavy atom. The Labute approximate surface area is 135 Å². The van der Waals surface area contributed by atoms with Crippen molar-refractivity contribution < 1.29 is 0 Å². The second kappa shape index (κ2) is 5.54. The number of nitrogen functional groups attached to an aromatic ring is 1. The van der Waals surface area contributed by atoms with Gasteiger partial charge in [-0.2, -0.15) is 0 Å². The van der Waals surface area contributed by atoms with Gasteiger partial charge in [0.05, 0.1) is 0 Å². The summed E-state index contributed by atoms with van der Waals surface area (Å²) in [4.78, 5) is 4.80. The van der Waals surface area contributed by atoms with Crippen molar-refractivity contribution in [2.75, 3.05) is 5.73 Å². The molecular weight excluding hydrogens is 305 g/mol. The van der Waals surface area contributed by atoms with Crippen molar-refractivity contribution in [3.05, 3.63) is 34.1 Å². The average Bonchev–Trinajstić information content (AvgIpc) is 3.16. The van der Waals surface area contributed by atoms with E-state index in [4.69, 9.17) is 33.9 Å². The number of hydrogen-bond acceptors (Lipinski definition) is 2. The molecule has 1 aromatic carbocycles. The zero-order chi connectivity index (χ0) is 15.1. The monoisotopic (exact) mass is 323 g/mol. The Balaban J connectivity index is 2.10. The Morgan fingerprint density at radius 1 is 1.24 bits per heavy atom. The molecule has 0 saturated heterocycles. The molecule has 0 amide bonds. The van der Waals surface area contributed by atoms with Gasteiger partial charge in [-0.25, -0.2) is 4.98 Å². The Morgan fingerprint density at radius 2 is 1.86 bits per heavy atom. The average molecular weight is 324 g/mol. The van der Waals surface area contributed by atoms with E-state index in [1.54, 1.807) is 6.07 Å². The first-order valence-corrected chi connectivity index (χ1v) is 8.03. The smallest absolute Gasteiger partial charge is 0.131 e. The van der Waals surface area contributed by atoms with Gasteiger partial charge in [-0.05, 0) is 37.0 Å². The molecule has 5 heteroatoms. The minimum atomic E-state index is 0.523. The summed E-state index contributed by atoms with van der Waals surface area (Å²) in [6, 6.07) is 5.45. The van der Waals surface area contributed by atoms with Crippen LogP contribution in [0.3, 0.4) is 0 Å². The molecule has 1 saturated carbocycles. The first-order chi connectivity index (χ1) is 9.95. The summed E-state index contributed by atoms with van der Waals surface area (Å²) in [6.45, 7) is 5.26. The SMILES string of the molecule is CC(C)Cn1c(C2CC2)nc(-c2cc(Cl)cc(Cl)c2)c1N. The molecule has 1 aromatic heterocycles. The van der Waals surface area contributed by atoms with Crippen molar-refractivity contribution in [3.8, 4) is 11.3 Å². The molecule has 3 nitrogen and oxygen atoms in total. The van der Waals surface area contributed by atoms with Gasteiger partial charge < -0.3 is 10.3 Å². The molecule has 1 fully saturated rings. The van der Waals surface area contributed by atoms with Gasteiger partial charge in [0, 0.05) is 28.1 Å². The van der Waals surface area contributed by atoms with Gasteiger partial charge in [-0.3, -0.25) is 0 Å². The fraction of sp³-hybridized carbons (Fsp3) is 0.438. The third-order valence-corrected chi connectivity index (χ3v) is 4.10. The molecule has 1 aliphatic rings. The van der Waals surface area contributed by atoms with Gasteiger partial charge in [0.2, 0.25) is 0 Å². The quantitative estimate of drug-likeness (QED) is 0.862. The van der Waals surface area contributed by atoms with Crippen LogP contribution in [0.15, 0.2) is 18.2 Å². The summed E-state index contributed by atoms with van der Waals surface area (Å²) in [5.74, 6) is 2.89. The van der Waals surface area contributed by atoms with Gasteiger partial charge >= 0.3 is 0 Å². The van der Waals surface area contributed by atoms with Crippen molar-refractivity contribution in [3.63, 3.8) is 0 Å². The van der Waals surface area contributed by atoms with Crippen LogP contribution < -0.4 is 5.73 Å². The van der Waals surface area contributed by atoms with Crippen LogP contribution in [0.5, 0.6) is 0 Å². The molecule has 0 aliphatic heterocycles. The van der Waals surface area contributed by atoms with Gasteiger partial charge in [0.15, 0.2) is 0 Å². The summed E-state index contributed by atoms with van der Waals surface area (Å²) in [7, 11) is 0. The lowest BCUT2D eigenvalue weighted by atomic mass is 10.1. The van der Waals surface area contributed by atoms with Crippen LogP contribution in [0.1, 0.15) is 38.4 Å². The first kappa shape index (κ1) is 14.7. The molecule has 0 bridgehead atoms. The number of nitrogens with zero attached hydrogens (tertiary/aromatic N) is 2. The van der Waals surface area contributed by atoms with Crippen LogP contribution in [-0.2, 0) is 6.54 Å². The highest BCUT2D eigenvalue weighted by atomic mass is 35.5. The number of imidazole rings is 1. The molecule has 0 radical (unpaired) electrons.